The van der Waals surface area contributed by atoms with Crippen LogP contribution < -0.4 is 9.47 Å². The van der Waals surface area contributed by atoms with Gasteiger partial charge < -0.3 is 23.9 Å². The minimum Gasteiger partial charge on any atom is -0.483 e. The quantitative estimate of drug-likeness (QED) is 0.203. The first-order valence-corrected chi connectivity index (χ1v) is 16.2. The van der Waals surface area contributed by atoms with Crippen molar-refractivity contribution in [3.8, 4) is 11.5 Å². The van der Waals surface area contributed by atoms with E-state index in [1.54, 1.807) is 24.7 Å². The number of ether oxygens (including phenoxy) is 2. The predicted octanol–water partition coefficient (Wildman–Crippen LogP) is 5.17. The highest BCUT2D eigenvalue weighted by Crippen LogP contribution is 2.66. The number of aliphatic hydroxyl groups is 1. The minimum atomic E-state index is -1.06. The summed E-state index contributed by atoms with van der Waals surface area (Å²) in [7, 11) is 0. The van der Waals surface area contributed by atoms with Gasteiger partial charge in [0, 0.05) is 43.3 Å². The molecule has 0 radical (unpaired) electrons. The van der Waals surface area contributed by atoms with Gasteiger partial charge in [-0.2, -0.15) is 0 Å². The van der Waals surface area contributed by atoms with Gasteiger partial charge in [0.1, 0.15) is 6.10 Å². The zero-order valence-electron chi connectivity index (χ0n) is 26.3. The Kier molecular flexibility index (Phi) is 7.61. The molecule has 3 aromatic rings. The Balaban J connectivity index is 1.29. The number of carbonyl (C=O) groups excluding carboxylic acids is 2. The van der Waals surface area contributed by atoms with Crippen LogP contribution in [0.3, 0.4) is 0 Å². The maximum absolute atomic E-state index is 13.9. The van der Waals surface area contributed by atoms with Crippen LogP contribution in [-0.2, 0) is 27.8 Å². The van der Waals surface area contributed by atoms with Crippen molar-refractivity contribution in [2.24, 2.45) is 5.92 Å². The van der Waals surface area contributed by atoms with Crippen molar-refractivity contribution in [1.82, 2.24) is 9.80 Å². The molecule has 3 heterocycles. The third kappa shape index (κ3) is 4.90. The lowest BCUT2D eigenvalue weighted by molar-refractivity contribution is -0.201. The SMILES string of the molecule is CC(=O)Oc1ccc2c3c1O[C@H]1[C@@H](N(CC(C)C)C(=O)/C=C/c4ccoc4)CC[C@@]4(O)[C@@H](C2)N(CCc2ccccc2)CC[C@]314. The van der Waals surface area contributed by atoms with Crippen molar-refractivity contribution in [1.29, 1.82) is 0 Å². The van der Waals surface area contributed by atoms with Gasteiger partial charge in [-0.3, -0.25) is 14.5 Å². The highest BCUT2D eigenvalue weighted by Gasteiger charge is 2.73. The molecule has 1 aromatic heterocycles. The lowest BCUT2D eigenvalue weighted by Gasteiger charge is -2.65. The zero-order chi connectivity index (χ0) is 31.3. The minimum absolute atomic E-state index is 0.0877. The number of nitrogens with zero attached hydrogens (tertiary/aromatic N) is 2. The van der Waals surface area contributed by atoms with Crippen LogP contribution >= 0.6 is 0 Å². The number of piperidine rings is 1. The lowest BCUT2D eigenvalue weighted by Crippen LogP contribution is -2.78. The van der Waals surface area contributed by atoms with Gasteiger partial charge in [-0.25, -0.2) is 0 Å². The van der Waals surface area contributed by atoms with Gasteiger partial charge in [0.2, 0.25) is 5.91 Å². The molecule has 8 heteroatoms. The first kappa shape index (κ1) is 29.8. The maximum atomic E-state index is 13.9. The van der Waals surface area contributed by atoms with Crippen LogP contribution in [0, 0.1) is 5.92 Å². The van der Waals surface area contributed by atoms with E-state index in [4.69, 9.17) is 13.9 Å². The van der Waals surface area contributed by atoms with E-state index in [9.17, 15) is 14.7 Å². The van der Waals surface area contributed by atoms with E-state index < -0.39 is 23.1 Å². The Hall–Kier alpha value is -3.88. The van der Waals surface area contributed by atoms with Crippen LogP contribution in [0.4, 0.5) is 0 Å². The van der Waals surface area contributed by atoms with E-state index in [-0.39, 0.29) is 23.9 Å². The molecular weight excluding hydrogens is 568 g/mol. The van der Waals surface area contributed by atoms with Crippen molar-refractivity contribution in [2.45, 2.75) is 82.1 Å². The van der Waals surface area contributed by atoms with E-state index in [1.807, 2.05) is 29.2 Å². The fourth-order valence-electron chi connectivity index (χ4n) is 8.75. The molecule has 0 unspecified atom stereocenters. The number of hydrogen-bond acceptors (Lipinski definition) is 7. The van der Waals surface area contributed by atoms with Crippen LogP contribution in [0.1, 0.15) is 62.3 Å². The number of furan rings is 1. The van der Waals surface area contributed by atoms with Crippen LogP contribution in [0.25, 0.3) is 6.08 Å². The molecule has 2 aliphatic carbocycles. The standard InChI is InChI=1S/C37H42N2O6/c1-24(2)22-39(32(41)12-9-27-15-20-43-23-27)29-13-16-37(42)31-21-28-10-11-30(44-25(3)40)34-33(28)36(37,35(29)45-34)17-19-38(31)18-14-26-7-5-4-6-8-26/h4-12,15,20,23-24,29,31,35,42H,13-14,16-19,21-22H2,1-3H3/b12-9+/t29-,31+,35-,36-,37+/m0/s1. The summed E-state index contributed by atoms with van der Waals surface area (Å²) in [6.07, 6.45) is 9.55. The summed E-state index contributed by atoms with van der Waals surface area (Å²) in [5.74, 6) is 0.658. The largest absolute Gasteiger partial charge is 0.483 e. The number of hydrogen-bond donors (Lipinski definition) is 1. The van der Waals surface area contributed by atoms with E-state index in [1.165, 1.54) is 12.5 Å². The summed E-state index contributed by atoms with van der Waals surface area (Å²) in [6.45, 7) is 7.83. The molecule has 1 saturated heterocycles. The van der Waals surface area contributed by atoms with Crippen molar-refractivity contribution in [3.63, 3.8) is 0 Å². The summed E-state index contributed by atoms with van der Waals surface area (Å²) in [5, 5.41) is 13.0. The molecular formula is C37H42N2O6. The van der Waals surface area contributed by atoms with Crippen molar-refractivity contribution < 1.29 is 28.6 Å². The van der Waals surface area contributed by atoms with Crippen LogP contribution in [0.5, 0.6) is 11.5 Å². The lowest BCUT2D eigenvalue weighted by atomic mass is 9.48. The zero-order valence-corrected chi connectivity index (χ0v) is 26.3. The second kappa shape index (κ2) is 11.5. The molecule has 8 nitrogen and oxygen atoms in total. The third-order valence-electron chi connectivity index (χ3n) is 10.5. The Bertz CT molecular complexity index is 1600. The van der Waals surface area contributed by atoms with Gasteiger partial charge in [0.15, 0.2) is 11.5 Å². The molecule has 5 atom stereocenters. The van der Waals surface area contributed by atoms with Gasteiger partial charge >= 0.3 is 5.97 Å². The normalized spacial score (nSPS) is 28.2. The van der Waals surface area contributed by atoms with Gasteiger partial charge in [-0.1, -0.05) is 50.2 Å². The molecule has 236 valence electrons. The molecule has 45 heavy (non-hydrogen) atoms. The van der Waals surface area contributed by atoms with Crippen molar-refractivity contribution >= 4 is 18.0 Å². The van der Waals surface area contributed by atoms with E-state index >= 15 is 0 Å². The monoisotopic (exact) mass is 610 g/mol. The molecule has 4 aliphatic rings. The van der Waals surface area contributed by atoms with E-state index in [2.05, 4.69) is 43.0 Å². The predicted molar refractivity (Wildman–Crippen MR) is 170 cm³/mol. The first-order chi connectivity index (χ1) is 21.7. The summed E-state index contributed by atoms with van der Waals surface area (Å²) in [5.41, 5.74) is 2.42. The highest BCUT2D eigenvalue weighted by molar-refractivity contribution is 5.92. The van der Waals surface area contributed by atoms with Gasteiger partial charge in [-0.15, -0.1) is 0 Å². The molecule has 1 amide bonds. The Labute approximate surface area is 264 Å². The fourth-order valence-corrected chi connectivity index (χ4v) is 8.75. The van der Waals surface area contributed by atoms with Gasteiger partial charge in [-0.05, 0) is 73.9 Å². The molecule has 1 spiro atoms. The second-order valence-electron chi connectivity index (χ2n) is 13.6. The highest BCUT2D eigenvalue weighted by atomic mass is 16.6. The van der Waals surface area contributed by atoms with Crippen molar-refractivity contribution in [3.05, 3.63) is 89.4 Å². The van der Waals surface area contributed by atoms with Crippen LogP contribution in [0.15, 0.2) is 71.6 Å². The Morgan fingerprint density at radius 3 is 2.71 bits per heavy atom. The third-order valence-corrected chi connectivity index (χ3v) is 10.5. The Morgan fingerprint density at radius 1 is 1.16 bits per heavy atom. The number of amides is 1. The molecule has 1 N–H and O–H groups in total. The molecule has 2 aliphatic heterocycles. The first-order valence-electron chi connectivity index (χ1n) is 16.2. The van der Waals surface area contributed by atoms with Gasteiger partial charge in [0.05, 0.1) is 29.6 Å². The molecule has 1 saturated carbocycles. The van der Waals surface area contributed by atoms with Crippen LogP contribution in [-0.4, -0.2) is 70.2 Å². The van der Waals surface area contributed by atoms with Gasteiger partial charge in [0.25, 0.3) is 0 Å². The number of likely N-dealkylation sites (tertiary alicyclic amines) is 1. The molecule has 2 bridgehead atoms. The number of rotatable bonds is 9. The summed E-state index contributed by atoms with van der Waals surface area (Å²) in [6, 6.07) is 15.8. The average molecular weight is 611 g/mol. The summed E-state index contributed by atoms with van der Waals surface area (Å²) < 4.78 is 17.8. The fraction of sp³-hybridized carbons (Fsp3) is 0.459. The second-order valence-corrected chi connectivity index (χ2v) is 13.6. The summed E-state index contributed by atoms with van der Waals surface area (Å²) in [4.78, 5) is 30.5. The van der Waals surface area contributed by atoms with Crippen molar-refractivity contribution in [2.75, 3.05) is 19.6 Å². The molecule has 2 aromatic carbocycles. The molecule has 2 fully saturated rings. The number of carbonyl (C=O) groups is 2. The van der Waals surface area contributed by atoms with E-state index in [0.717, 1.165) is 36.2 Å². The summed E-state index contributed by atoms with van der Waals surface area (Å²) >= 11 is 0. The smallest absolute Gasteiger partial charge is 0.308 e. The number of benzene rings is 2. The van der Waals surface area contributed by atoms with E-state index in [0.29, 0.717) is 43.7 Å². The molecule has 7 rings (SSSR count). The topological polar surface area (TPSA) is 92.5 Å². The Morgan fingerprint density at radius 2 is 1.98 bits per heavy atom. The average Bonchev–Trinajstić information content (AvgIpc) is 3.66. The van der Waals surface area contributed by atoms with Crippen LogP contribution in [0.2, 0.25) is 0 Å². The number of esters is 1. The maximum Gasteiger partial charge on any atom is 0.308 e.